The van der Waals surface area contributed by atoms with Gasteiger partial charge in [0.15, 0.2) is 0 Å². The first-order valence-corrected chi connectivity index (χ1v) is 15.5. The molecule has 0 atom stereocenters. The van der Waals surface area contributed by atoms with Crippen molar-refractivity contribution in [1.29, 1.82) is 0 Å². The second kappa shape index (κ2) is 21.1. The molecule has 0 heterocycles. The quantitative estimate of drug-likeness (QED) is 0.107. The van der Waals surface area contributed by atoms with E-state index in [4.69, 9.17) is 9.47 Å². The van der Waals surface area contributed by atoms with Gasteiger partial charge in [-0.1, -0.05) is 115 Å². The van der Waals surface area contributed by atoms with Gasteiger partial charge in [-0.05, 0) is 47.9 Å². The predicted molar refractivity (Wildman–Crippen MR) is 163 cm³/mol. The van der Waals surface area contributed by atoms with E-state index in [2.05, 4.69) is 86.0 Å². The summed E-state index contributed by atoms with van der Waals surface area (Å²) in [6.45, 7) is 16.2. The van der Waals surface area contributed by atoms with Gasteiger partial charge in [0.1, 0.15) is 0 Å². The zero-order chi connectivity index (χ0) is 27.3. The van der Waals surface area contributed by atoms with Crippen LogP contribution in [0.4, 0.5) is 0 Å². The number of hydrogen-bond acceptors (Lipinski definition) is 4. The Kier molecular flexibility index (Phi) is 18.1. The lowest BCUT2D eigenvalue weighted by atomic mass is 9.96. The monoisotopic (exact) mass is 524 g/mol. The lowest BCUT2D eigenvalue weighted by molar-refractivity contribution is 0.0167. The lowest BCUT2D eigenvalue weighted by Crippen LogP contribution is -2.29. The van der Waals surface area contributed by atoms with Crippen molar-refractivity contribution in [2.45, 2.75) is 105 Å². The molecular formula is C34H56N2O2. The van der Waals surface area contributed by atoms with Crippen LogP contribution >= 0.6 is 0 Å². The lowest BCUT2D eigenvalue weighted by Gasteiger charge is -2.23. The molecule has 0 N–H and O–H groups in total. The van der Waals surface area contributed by atoms with E-state index in [1.54, 1.807) is 0 Å². The highest BCUT2D eigenvalue weighted by Crippen LogP contribution is 2.28. The molecule has 0 aliphatic rings. The maximum absolute atomic E-state index is 6.30. The Bertz CT molecular complexity index is 771. The van der Waals surface area contributed by atoms with Crippen molar-refractivity contribution in [3.63, 3.8) is 0 Å². The van der Waals surface area contributed by atoms with Crippen molar-refractivity contribution < 1.29 is 9.47 Å². The molecule has 0 aliphatic carbocycles. The van der Waals surface area contributed by atoms with Crippen LogP contribution < -0.4 is 0 Å². The van der Waals surface area contributed by atoms with E-state index in [0.29, 0.717) is 26.7 Å². The molecule has 4 heteroatoms. The van der Waals surface area contributed by atoms with Crippen molar-refractivity contribution in [3.05, 3.63) is 59.7 Å². The second-order valence-electron chi connectivity index (χ2n) is 10.6. The van der Waals surface area contributed by atoms with Crippen LogP contribution in [0.25, 0.3) is 11.1 Å². The number of ether oxygens (including phenoxy) is 2. The summed E-state index contributed by atoms with van der Waals surface area (Å²) in [6, 6.07) is 17.4. The first-order valence-electron chi connectivity index (χ1n) is 15.5. The van der Waals surface area contributed by atoms with Crippen molar-refractivity contribution in [1.82, 2.24) is 9.80 Å². The third-order valence-corrected chi connectivity index (χ3v) is 7.20. The Morgan fingerprint density at radius 2 is 0.842 bits per heavy atom. The first kappa shape index (κ1) is 32.5. The standard InChI is InChI=1S/C34H56N2O2/c1-5-9-17-25-35(23-11-7-3)29-37-27-31-19-13-15-21-33(31)34-22-16-14-20-32(34)28-38-30-36(24-12-8-4)26-18-10-6-2/h13-16,19-22H,5-12,17-18,23-30H2,1-4H3. The molecule has 0 unspecified atom stereocenters. The number of nitrogens with zero attached hydrogens (tertiary/aromatic N) is 2. The van der Waals surface area contributed by atoms with Gasteiger partial charge in [-0.3, -0.25) is 9.80 Å². The van der Waals surface area contributed by atoms with Crippen LogP contribution in [0.3, 0.4) is 0 Å². The van der Waals surface area contributed by atoms with Crippen molar-refractivity contribution in [2.24, 2.45) is 0 Å². The Morgan fingerprint density at radius 3 is 1.24 bits per heavy atom. The normalized spacial score (nSPS) is 11.6. The van der Waals surface area contributed by atoms with Gasteiger partial charge in [0, 0.05) is 26.2 Å². The van der Waals surface area contributed by atoms with Crippen LogP contribution in [-0.4, -0.2) is 49.4 Å². The van der Waals surface area contributed by atoms with E-state index in [1.807, 2.05) is 0 Å². The molecule has 2 aromatic carbocycles. The average Bonchev–Trinajstić information content (AvgIpc) is 2.95. The Balaban J connectivity index is 2.01. The highest BCUT2D eigenvalue weighted by Gasteiger charge is 2.12. The summed E-state index contributed by atoms with van der Waals surface area (Å²) in [7, 11) is 0. The maximum atomic E-state index is 6.30. The first-order chi connectivity index (χ1) is 18.7. The summed E-state index contributed by atoms with van der Waals surface area (Å²) >= 11 is 0. The molecule has 0 saturated heterocycles. The Labute approximate surface area is 234 Å². The molecule has 0 radical (unpaired) electrons. The predicted octanol–water partition coefficient (Wildman–Crippen LogP) is 8.89. The SMILES string of the molecule is CCCCCN(CCCC)COCc1ccccc1-c1ccccc1COCN(CCCC)CCCCC. The van der Waals surface area contributed by atoms with Gasteiger partial charge < -0.3 is 9.47 Å². The van der Waals surface area contributed by atoms with Gasteiger partial charge in [-0.25, -0.2) is 0 Å². The van der Waals surface area contributed by atoms with E-state index < -0.39 is 0 Å². The Morgan fingerprint density at radius 1 is 0.474 bits per heavy atom. The highest BCUT2D eigenvalue weighted by atomic mass is 16.5. The number of hydrogen-bond donors (Lipinski definition) is 0. The summed E-state index contributed by atoms with van der Waals surface area (Å²) in [5, 5.41) is 0. The highest BCUT2D eigenvalue weighted by molar-refractivity contribution is 5.70. The molecule has 0 aromatic heterocycles. The molecule has 0 amide bonds. The van der Waals surface area contributed by atoms with Crippen LogP contribution in [0.2, 0.25) is 0 Å². The molecule has 0 spiro atoms. The fourth-order valence-corrected chi connectivity index (χ4v) is 4.80. The van der Waals surface area contributed by atoms with Crippen LogP contribution in [-0.2, 0) is 22.7 Å². The van der Waals surface area contributed by atoms with E-state index in [9.17, 15) is 0 Å². The number of unbranched alkanes of at least 4 members (excludes halogenated alkanes) is 6. The van der Waals surface area contributed by atoms with Crippen LogP contribution in [0, 0.1) is 0 Å². The minimum atomic E-state index is 0.629. The number of rotatable bonds is 23. The third-order valence-electron chi connectivity index (χ3n) is 7.20. The molecule has 2 rings (SSSR count). The molecule has 0 bridgehead atoms. The zero-order valence-corrected chi connectivity index (χ0v) is 25.1. The van der Waals surface area contributed by atoms with Crippen LogP contribution in [0.5, 0.6) is 0 Å². The molecule has 0 fully saturated rings. The average molecular weight is 525 g/mol. The molecule has 214 valence electrons. The summed E-state index contributed by atoms with van der Waals surface area (Å²) < 4.78 is 12.6. The molecular weight excluding hydrogens is 468 g/mol. The maximum Gasteiger partial charge on any atom is 0.0994 e. The van der Waals surface area contributed by atoms with E-state index in [1.165, 1.54) is 86.5 Å². The fraction of sp³-hybridized carbons (Fsp3) is 0.647. The van der Waals surface area contributed by atoms with Gasteiger partial charge in [0.05, 0.1) is 26.7 Å². The molecule has 0 aliphatic heterocycles. The van der Waals surface area contributed by atoms with E-state index in [-0.39, 0.29) is 0 Å². The molecule has 4 nitrogen and oxygen atoms in total. The fourth-order valence-electron chi connectivity index (χ4n) is 4.80. The van der Waals surface area contributed by atoms with Crippen molar-refractivity contribution >= 4 is 0 Å². The molecule has 0 saturated carbocycles. The minimum Gasteiger partial charge on any atom is -0.361 e. The van der Waals surface area contributed by atoms with E-state index >= 15 is 0 Å². The summed E-state index contributed by atoms with van der Waals surface area (Å²) in [5.74, 6) is 0. The molecule has 2 aromatic rings. The van der Waals surface area contributed by atoms with Crippen molar-refractivity contribution in [3.8, 4) is 11.1 Å². The van der Waals surface area contributed by atoms with Crippen LogP contribution in [0.1, 0.15) is 103 Å². The second-order valence-corrected chi connectivity index (χ2v) is 10.6. The summed E-state index contributed by atoms with van der Waals surface area (Å²) in [4.78, 5) is 4.96. The van der Waals surface area contributed by atoms with Gasteiger partial charge in [-0.15, -0.1) is 0 Å². The van der Waals surface area contributed by atoms with E-state index in [0.717, 1.165) is 26.2 Å². The van der Waals surface area contributed by atoms with Gasteiger partial charge in [-0.2, -0.15) is 0 Å². The van der Waals surface area contributed by atoms with Gasteiger partial charge in [0.25, 0.3) is 0 Å². The van der Waals surface area contributed by atoms with Gasteiger partial charge >= 0.3 is 0 Å². The molecule has 38 heavy (non-hydrogen) atoms. The Hall–Kier alpha value is -1.72. The van der Waals surface area contributed by atoms with Crippen LogP contribution in [0.15, 0.2) is 48.5 Å². The van der Waals surface area contributed by atoms with Gasteiger partial charge in [0.2, 0.25) is 0 Å². The number of benzene rings is 2. The summed E-state index contributed by atoms with van der Waals surface area (Å²) in [6.07, 6.45) is 12.5. The zero-order valence-electron chi connectivity index (χ0n) is 25.1. The third kappa shape index (κ3) is 12.9. The summed E-state index contributed by atoms with van der Waals surface area (Å²) in [5.41, 5.74) is 4.99. The van der Waals surface area contributed by atoms with Crippen molar-refractivity contribution in [2.75, 3.05) is 39.6 Å². The smallest absolute Gasteiger partial charge is 0.0994 e. The largest absolute Gasteiger partial charge is 0.361 e. The minimum absolute atomic E-state index is 0.629. The topological polar surface area (TPSA) is 24.9 Å².